The van der Waals surface area contributed by atoms with E-state index in [2.05, 4.69) is 10.6 Å². The number of thiophene rings is 1. The first-order valence-corrected chi connectivity index (χ1v) is 8.77. The quantitative estimate of drug-likeness (QED) is 0.902. The van der Waals surface area contributed by atoms with Gasteiger partial charge in [0.15, 0.2) is 0 Å². The molecule has 2 heterocycles. The van der Waals surface area contributed by atoms with Gasteiger partial charge in [0.25, 0.3) is 5.91 Å². The van der Waals surface area contributed by atoms with Crippen LogP contribution in [0, 0.1) is 0 Å². The van der Waals surface area contributed by atoms with Crippen LogP contribution < -0.4 is 15.4 Å². The first-order chi connectivity index (χ1) is 10.2. The summed E-state index contributed by atoms with van der Waals surface area (Å²) in [4.78, 5) is 13.1. The standard InChI is InChI=1S/C16H24N2O2S/c1-20-13-9-14(21-11-13)15(19)18-12-5-8-17-16(10-12)6-3-2-4-7-16/h9,11-12,17H,2-8,10H2,1H3,(H,18,19). The van der Waals surface area contributed by atoms with Crippen molar-refractivity contribution >= 4 is 17.2 Å². The SMILES string of the molecule is COc1csc(C(=O)NC2CCNC3(CCCCC3)C2)c1. The van der Waals surface area contributed by atoms with Crippen LogP contribution in [0.15, 0.2) is 11.4 Å². The maximum absolute atomic E-state index is 12.3. The van der Waals surface area contributed by atoms with Gasteiger partial charge < -0.3 is 15.4 Å². The van der Waals surface area contributed by atoms with E-state index < -0.39 is 0 Å². The van der Waals surface area contributed by atoms with Crippen LogP contribution in [0.5, 0.6) is 5.75 Å². The Labute approximate surface area is 130 Å². The molecule has 1 atom stereocenters. The van der Waals surface area contributed by atoms with Crippen molar-refractivity contribution in [3.63, 3.8) is 0 Å². The van der Waals surface area contributed by atoms with Crippen LogP contribution >= 0.6 is 11.3 Å². The maximum atomic E-state index is 12.3. The zero-order valence-electron chi connectivity index (χ0n) is 12.6. The van der Waals surface area contributed by atoms with E-state index in [1.165, 1.54) is 43.4 Å². The van der Waals surface area contributed by atoms with Gasteiger partial charge in [-0.15, -0.1) is 11.3 Å². The molecule has 21 heavy (non-hydrogen) atoms. The molecular formula is C16H24N2O2S. The summed E-state index contributed by atoms with van der Waals surface area (Å²) in [5.74, 6) is 0.806. The number of ether oxygens (including phenoxy) is 1. The number of hydrogen-bond acceptors (Lipinski definition) is 4. The predicted octanol–water partition coefficient (Wildman–Crippen LogP) is 2.94. The lowest BCUT2D eigenvalue weighted by Gasteiger charge is -2.44. The Balaban J connectivity index is 1.60. The van der Waals surface area contributed by atoms with Crippen molar-refractivity contribution in [2.24, 2.45) is 0 Å². The fourth-order valence-electron chi connectivity index (χ4n) is 3.69. The normalized spacial score (nSPS) is 24.7. The molecule has 3 rings (SSSR count). The highest BCUT2D eigenvalue weighted by Gasteiger charge is 2.37. The molecule has 4 nitrogen and oxygen atoms in total. The monoisotopic (exact) mass is 308 g/mol. The lowest BCUT2D eigenvalue weighted by molar-refractivity contribution is 0.0896. The summed E-state index contributed by atoms with van der Waals surface area (Å²) in [6.07, 6.45) is 8.59. The molecule has 2 fully saturated rings. The second-order valence-electron chi connectivity index (χ2n) is 6.28. The Kier molecular flexibility index (Phi) is 4.50. The highest BCUT2D eigenvalue weighted by molar-refractivity contribution is 7.12. The molecule has 1 saturated heterocycles. The molecule has 2 aliphatic rings. The minimum Gasteiger partial charge on any atom is -0.496 e. The third kappa shape index (κ3) is 3.40. The van der Waals surface area contributed by atoms with Crippen molar-refractivity contribution < 1.29 is 9.53 Å². The zero-order valence-corrected chi connectivity index (χ0v) is 13.4. The Morgan fingerprint density at radius 2 is 2.24 bits per heavy atom. The van der Waals surface area contributed by atoms with E-state index in [-0.39, 0.29) is 11.4 Å². The number of methoxy groups -OCH3 is 1. The van der Waals surface area contributed by atoms with Gasteiger partial charge in [-0.3, -0.25) is 4.79 Å². The molecule has 0 aromatic carbocycles. The minimum atomic E-state index is 0.0427. The number of amides is 1. The van der Waals surface area contributed by atoms with Crippen LogP contribution in [0.3, 0.4) is 0 Å². The summed E-state index contributed by atoms with van der Waals surface area (Å²) >= 11 is 1.45. The van der Waals surface area contributed by atoms with Crippen LogP contribution in [0.1, 0.15) is 54.6 Å². The van der Waals surface area contributed by atoms with E-state index in [1.54, 1.807) is 7.11 Å². The van der Waals surface area contributed by atoms with Crippen molar-refractivity contribution in [3.05, 3.63) is 16.3 Å². The van der Waals surface area contributed by atoms with Gasteiger partial charge in [0.1, 0.15) is 5.75 Å². The molecule has 1 saturated carbocycles. The molecule has 1 aliphatic heterocycles. The molecule has 0 bridgehead atoms. The molecule has 116 valence electrons. The Morgan fingerprint density at radius 1 is 1.43 bits per heavy atom. The van der Waals surface area contributed by atoms with Crippen LogP contribution in [-0.2, 0) is 0 Å². The fraction of sp³-hybridized carbons (Fsp3) is 0.688. The number of rotatable bonds is 3. The number of carbonyl (C=O) groups excluding carboxylic acids is 1. The van der Waals surface area contributed by atoms with Crippen molar-refractivity contribution in [2.75, 3.05) is 13.7 Å². The van der Waals surface area contributed by atoms with Crippen molar-refractivity contribution in [2.45, 2.75) is 56.5 Å². The van der Waals surface area contributed by atoms with E-state index in [1.807, 2.05) is 11.4 Å². The Bertz CT molecular complexity index is 489. The van der Waals surface area contributed by atoms with Gasteiger partial charge in [-0.25, -0.2) is 0 Å². The molecule has 0 radical (unpaired) electrons. The summed E-state index contributed by atoms with van der Waals surface area (Å²) < 4.78 is 5.15. The molecule has 1 unspecified atom stereocenters. The molecule has 2 N–H and O–H groups in total. The maximum Gasteiger partial charge on any atom is 0.261 e. The number of carbonyl (C=O) groups is 1. The Morgan fingerprint density at radius 3 is 2.95 bits per heavy atom. The van der Waals surface area contributed by atoms with Crippen molar-refractivity contribution in [1.29, 1.82) is 0 Å². The van der Waals surface area contributed by atoms with Crippen LogP contribution in [0.25, 0.3) is 0 Å². The lowest BCUT2D eigenvalue weighted by Crippen LogP contribution is -2.57. The first kappa shape index (κ1) is 14.9. The highest BCUT2D eigenvalue weighted by atomic mass is 32.1. The average molecular weight is 308 g/mol. The summed E-state index contributed by atoms with van der Waals surface area (Å²) in [5, 5.41) is 8.82. The average Bonchev–Trinajstić information content (AvgIpc) is 2.97. The van der Waals surface area contributed by atoms with Crippen molar-refractivity contribution in [3.8, 4) is 5.75 Å². The van der Waals surface area contributed by atoms with Gasteiger partial charge in [0, 0.05) is 23.0 Å². The largest absolute Gasteiger partial charge is 0.496 e. The molecule has 1 spiro atoms. The molecule has 1 amide bonds. The van der Waals surface area contributed by atoms with Gasteiger partial charge >= 0.3 is 0 Å². The summed E-state index contributed by atoms with van der Waals surface area (Å²) in [6, 6.07) is 2.11. The van der Waals surface area contributed by atoms with Gasteiger partial charge in [0.05, 0.1) is 12.0 Å². The molecule has 1 aromatic heterocycles. The molecular weight excluding hydrogens is 284 g/mol. The van der Waals surface area contributed by atoms with E-state index in [0.717, 1.165) is 30.0 Å². The van der Waals surface area contributed by atoms with Gasteiger partial charge in [0.2, 0.25) is 0 Å². The van der Waals surface area contributed by atoms with E-state index in [9.17, 15) is 4.79 Å². The topological polar surface area (TPSA) is 50.4 Å². The first-order valence-electron chi connectivity index (χ1n) is 7.89. The number of hydrogen-bond donors (Lipinski definition) is 2. The number of nitrogens with one attached hydrogen (secondary N) is 2. The molecule has 1 aliphatic carbocycles. The Hall–Kier alpha value is -1.07. The summed E-state index contributed by atoms with van der Waals surface area (Å²) in [6.45, 7) is 1.01. The summed E-state index contributed by atoms with van der Waals surface area (Å²) in [5.41, 5.74) is 0.279. The van der Waals surface area contributed by atoms with Crippen molar-refractivity contribution in [1.82, 2.24) is 10.6 Å². The van der Waals surface area contributed by atoms with E-state index in [4.69, 9.17) is 4.74 Å². The summed E-state index contributed by atoms with van der Waals surface area (Å²) in [7, 11) is 1.63. The zero-order chi connectivity index (χ0) is 14.7. The molecule has 1 aromatic rings. The van der Waals surface area contributed by atoms with Crippen LogP contribution in [-0.4, -0.2) is 31.1 Å². The second kappa shape index (κ2) is 6.36. The third-order valence-corrected chi connectivity index (χ3v) is 5.72. The third-order valence-electron chi connectivity index (χ3n) is 4.81. The highest BCUT2D eigenvalue weighted by Crippen LogP contribution is 2.34. The number of piperidine rings is 1. The predicted molar refractivity (Wildman–Crippen MR) is 85.2 cm³/mol. The van der Waals surface area contributed by atoms with E-state index >= 15 is 0 Å². The molecule has 5 heteroatoms. The fourth-order valence-corrected chi connectivity index (χ4v) is 4.45. The van der Waals surface area contributed by atoms with Crippen LogP contribution in [0.2, 0.25) is 0 Å². The van der Waals surface area contributed by atoms with E-state index in [0.29, 0.717) is 6.04 Å². The van der Waals surface area contributed by atoms with Gasteiger partial charge in [-0.2, -0.15) is 0 Å². The van der Waals surface area contributed by atoms with Gasteiger partial charge in [-0.1, -0.05) is 19.3 Å². The lowest BCUT2D eigenvalue weighted by atomic mass is 9.75. The van der Waals surface area contributed by atoms with Gasteiger partial charge in [-0.05, 0) is 32.2 Å². The van der Waals surface area contributed by atoms with Crippen LogP contribution in [0.4, 0.5) is 0 Å². The second-order valence-corrected chi connectivity index (χ2v) is 7.19. The smallest absolute Gasteiger partial charge is 0.261 e. The minimum absolute atomic E-state index is 0.0427.